The third-order valence-corrected chi connectivity index (χ3v) is 6.07. The van der Waals surface area contributed by atoms with Crippen LogP contribution in [0.1, 0.15) is 30.4 Å². The molecule has 0 spiro atoms. The van der Waals surface area contributed by atoms with Crippen molar-refractivity contribution in [1.82, 2.24) is 24.6 Å². The van der Waals surface area contributed by atoms with Crippen LogP contribution in [0, 0.1) is 17.3 Å². The van der Waals surface area contributed by atoms with Crippen molar-refractivity contribution in [2.75, 3.05) is 18.1 Å². The van der Waals surface area contributed by atoms with Gasteiger partial charge in [0.2, 0.25) is 0 Å². The van der Waals surface area contributed by atoms with E-state index in [-0.39, 0.29) is 6.67 Å². The van der Waals surface area contributed by atoms with E-state index in [0.29, 0.717) is 5.78 Å². The molecule has 0 saturated heterocycles. The van der Waals surface area contributed by atoms with Crippen LogP contribution in [0.2, 0.25) is 0 Å². The minimum atomic E-state index is -0.405. The molecule has 30 heavy (non-hydrogen) atoms. The Hall–Kier alpha value is -3.53. The second-order valence-corrected chi connectivity index (χ2v) is 8.03. The lowest BCUT2D eigenvalue weighted by Crippen LogP contribution is -2.26. The molecule has 6 nitrogen and oxygen atoms in total. The van der Waals surface area contributed by atoms with Crippen molar-refractivity contribution in [1.29, 1.82) is 0 Å². The normalized spacial score (nSPS) is 16.9. The highest BCUT2D eigenvalue weighted by molar-refractivity contribution is 5.90. The van der Waals surface area contributed by atoms with Crippen molar-refractivity contribution in [3.63, 3.8) is 0 Å². The number of hydrogen-bond donors (Lipinski definition) is 0. The molecule has 0 atom stereocenters. The highest BCUT2D eigenvalue weighted by atomic mass is 19.1. The number of benzene rings is 1. The van der Waals surface area contributed by atoms with Gasteiger partial charge in [0.25, 0.3) is 5.78 Å². The molecule has 7 heteroatoms. The van der Waals surface area contributed by atoms with Gasteiger partial charge in [-0.1, -0.05) is 17.9 Å². The molecule has 3 aromatic heterocycles. The van der Waals surface area contributed by atoms with Crippen LogP contribution < -0.4 is 4.90 Å². The molecule has 4 aromatic rings. The van der Waals surface area contributed by atoms with Crippen LogP contribution in [0.4, 0.5) is 15.9 Å². The van der Waals surface area contributed by atoms with Gasteiger partial charge in [-0.05, 0) is 55.5 Å². The highest BCUT2D eigenvalue weighted by Gasteiger charge is 2.41. The third-order valence-electron chi connectivity index (χ3n) is 6.07. The molecular formula is C23H19FN6. The number of hydrogen-bond acceptors (Lipinski definition) is 5. The Labute approximate surface area is 172 Å². The average molecular weight is 398 g/mol. The number of nitrogens with zero attached hydrogens (tertiary/aromatic N) is 6. The van der Waals surface area contributed by atoms with Crippen molar-refractivity contribution >= 4 is 28.3 Å². The summed E-state index contributed by atoms with van der Waals surface area (Å²) in [4.78, 5) is 11.6. The molecule has 1 aliphatic heterocycles. The van der Waals surface area contributed by atoms with E-state index in [2.05, 4.69) is 38.0 Å². The average Bonchev–Trinajstić information content (AvgIpc) is 3.43. The fraction of sp³-hybridized carbons (Fsp3) is 0.304. The lowest BCUT2D eigenvalue weighted by molar-refractivity contribution is 0.407. The van der Waals surface area contributed by atoms with Gasteiger partial charge in [-0.25, -0.2) is 4.39 Å². The molecule has 0 bridgehead atoms. The molecular weight excluding hydrogens is 379 g/mol. The van der Waals surface area contributed by atoms with Crippen LogP contribution in [0.15, 0.2) is 42.9 Å². The van der Waals surface area contributed by atoms with Gasteiger partial charge in [0.15, 0.2) is 5.82 Å². The first-order valence-corrected chi connectivity index (χ1v) is 10.2. The van der Waals surface area contributed by atoms with E-state index in [0.717, 1.165) is 60.3 Å². The Morgan fingerprint density at radius 2 is 2.10 bits per heavy atom. The van der Waals surface area contributed by atoms with Gasteiger partial charge in [0.1, 0.15) is 18.5 Å². The minimum absolute atomic E-state index is 0.360. The van der Waals surface area contributed by atoms with Crippen molar-refractivity contribution in [3.8, 4) is 11.8 Å². The molecule has 2 aliphatic rings. The Morgan fingerprint density at radius 3 is 2.97 bits per heavy atom. The SMILES string of the molecule is FCC1(C#Cc2cccc3c2CCCN3c2nc3nncn3c3cccnc23)CC1. The zero-order valence-corrected chi connectivity index (χ0v) is 16.3. The van der Waals surface area contributed by atoms with Crippen molar-refractivity contribution < 1.29 is 4.39 Å². The first-order chi connectivity index (χ1) is 14.8. The number of alkyl halides is 1. The first-order valence-electron chi connectivity index (χ1n) is 10.2. The number of anilines is 2. The van der Waals surface area contributed by atoms with Crippen LogP contribution >= 0.6 is 0 Å². The summed E-state index contributed by atoms with van der Waals surface area (Å²) in [7, 11) is 0. The summed E-state index contributed by atoms with van der Waals surface area (Å²) in [5, 5.41) is 8.17. The van der Waals surface area contributed by atoms with Crippen LogP contribution in [0.3, 0.4) is 0 Å². The molecule has 4 heterocycles. The van der Waals surface area contributed by atoms with Gasteiger partial charge in [-0.2, -0.15) is 4.98 Å². The molecule has 1 aliphatic carbocycles. The number of fused-ring (bicyclic) bond motifs is 4. The largest absolute Gasteiger partial charge is 0.324 e. The fourth-order valence-corrected chi connectivity index (χ4v) is 4.18. The second kappa shape index (κ2) is 6.49. The Morgan fingerprint density at radius 1 is 1.17 bits per heavy atom. The minimum Gasteiger partial charge on any atom is -0.324 e. The van der Waals surface area contributed by atoms with E-state index >= 15 is 0 Å². The quantitative estimate of drug-likeness (QED) is 0.480. The van der Waals surface area contributed by atoms with Gasteiger partial charge >= 0.3 is 0 Å². The smallest absolute Gasteiger partial charge is 0.257 e. The standard InChI is InChI=1S/C23H19FN6/c24-14-23(10-11-23)9-8-16-4-1-6-18-17(16)5-3-13-29(18)21-20-19(7-2-12-25-20)30-15-26-28-22(30)27-21/h1-2,4,6-7,12,15H,3,5,10-11,13-14H2. The van der Waals surface area contributed by atoms with E-state index in [1.54, 1.807) is 12.5 Å². The number of pyridine rings is 1. The van der Waals surface area contributed by atoms with Crippen molar-refractivity contribution in [2.45, 2.75) is 25.7 Å². The predicted octanol–water partition coefficient (Wildman–Crippen LogP) is 3.86. The van der Waals surface area contributed by atoms with E-state index < -0.39 is 5.41 Å². The molecule has 1 saturated carbocycles. The molecule has 0 N–H and O–H groups in total. The van der Waals surface area contributed by atoms with Crippen LogP contribution in [-0.2, 0) is 6.42 Å². The van der Waals surface area contributed by atoms with Gasteiger partial charge in [0, 0.05) is 24.0 Å². The summed E-state index contributed by atoms with van der Waals surface area (Å²) in [6, 6.07) is 10.1. The topological polar surface area (TPSA) is 59.2 Å². The van der Waals surface area contributed by atoms with Crippen LogP contribution in [-0.4, -0.2) is 37.8 Å². The summed E-state index contributed by atoms with van der Waals surface area (Å²) in [6.45, 7) is 0.475. The van der Waals surface area contributed by atoms with E-state index in [1.807, 2.05) is 28.7 Å². The monoisotopic (exact) mass is 398 g/mol. The predicted molar refractivity (Wildman–Crippen MR) is 112 cm³/mol. The summed E-state index contributed by atoms with van der Waals surface area (Å²) >= 11 is 0. The summed E-state index contributed by atoms with van der Waals surface area (Å²) in [5.41, 5.74) is 4.59. The second-order valence-electron chi connectivity index (χ2n) is 8.03. The summed E-state index contributed by atoms with van der Waals surface area (Å²) < 4.78 is 15.1. The van der Waals surface area contributed by atoms with Gasteiger partial charge in [-0.15, -0.1) is 10.2 Å². The summed E-state index contributed by atoms with van der Waals surface area (Å²) in [5.74, 6) is 7.81. The number of aromatic nitrogens is 5. The molecule has 148 valence electrons. The fourth-order valence-electron chi connectivity index (χ4n) is 4.18. The van der Waals surface area contributed by atoms with Crippen molar-refractivity contribution in [3.05, 3.63) is 54.0 Å². The maximum atomic E-state index is 13.3. The Balaban J connectivity index is 1.51. The van der Waals surface area contributed by atoms with E-state index in [1.165, 1.54) is 5.56 Å². The first kappa shape index (κ1) is 17.3. The van der Waals surface area contributed by atoms with E-state index in [9.17, 15) is 4.39 Å². The van der Waals surface area contributed by atoms with Gasteiger partial charge in [0.05, 0.1) is 10.9 Å². The molecule has 6 rings (SSSR count). The Kier molecular flexibility index (Phi) is 3.75. The van der Waals surface area contributed by atoms with Gasteiger partial charge < -0.3 is 4.90 Å². The van der Waals surface area contributed by atoms with Crippen LogP contribution in [0.25, 0.3) is 16.8 Å². The van der Waals surface area contributed by atoms with E-state index in [4.69, 9.17) is 4.98 Å². The summed E-state index contributed by atoms with van der Waals surface area (Å²) in [6.07, 6.45) is 7.08. The van der Waals surface area contributed by atoms with Crippen LogP contribution in [0.5, 0.6) is 0 Å². The molecule has 1 fully saturated rings. The maximum absolute atomic E-state index is 13.3. The zero-order valence-electron chi connectivity index (χ0n) is 16.3. The maximum Gasteiger partial charge on any atom is 0.257 e. The van der Waals surface area contributed by atoms with Gasteiger partial charge in [-0.3, -0.25) is 9.38 Å². The lowest BCUT2D eigenvalue weighted by atomic mass is 9.95. The van der Waals surface area contributed by atoms with Crippen molar-refractivity contribution in [2.24, 2.45) is 5.41 Å². The number of halogens is 1. The highest BCUT2D eigenvalue weighted by Crippen LogP contribution is 2.45. The molecule has 1 aromatic carbocycles. The molecule has 0 unspecified atom stereocenters. The third kappa shape index (κ3) is 2.64. The zero-order chi connectivity index (χ0) is 20.1. The Bertz CT molecular complexity index is 1340. The lowest BCUT2D eigenvalue weighted by Gasteiger charge is -2.31. The molecule has 0 amide bonds. The molecule has 0 radical (unpaired) electrons. The number of rotatable bonds is 2.